The van der Waals surface area contributed by atoms with Gasteiger partial charge in [-0.25, -0.2) is 0 Å². The van der Waals surface area contributed by atoms with Crippen LogP contribution >= 0.6 is 11.6 Å². The second kappa shape index (κ2) is 12.1. The molecule has 42 heavy (non-hydrogen) atoms. The van der Waals surface area contributed by atoms with Crippen molar-refractivity contribution in [3.05, 3.63) is 81.9 Å². The van der Waals surface area contributed by atoms with Crippen molar-refractivity contribution in [2.45, 2.75) is 32.5 Å². The molecule has 0 radical (unpaired) electrons. The van der Waals surface area contributed by atoms with Crippen molar-refractivity contribution in [1.82, 2.24) is 19.4 Å². The zero-order valence-electron chi connectivity index (χ0n) is 23.8. The number of fused-ring (bicyclic) bond motifs is 1. The summed E-state index contributed by atoms with van der Waals surface area (Å²) >= 11 is 6.33. The van der Waals surface area contributed by atoms with E-state index in [1.54, 1.807) is 13.8 Å². The van der Waals surface area contributed by atoms with Gasteiger partial charge in [-0.05, 0) is 68.9 Å². The third kappa shape index (κ3) is 6.74. The number of carbonyl (C=O) groups is 2. The van der Waals surface area contributed by atoms with Gasteiger partial charge < -0.3 is 29.4 Å². The van der Waals surface area contributed by atoms with Crippen LogP contribution in [0, 0.1) is 0 Å². The van der Waals surface area contributed by atoms with E-state index in [2.05, 4.69) is 39.0 Å². The average Bonchev–Trinajstić information content (AvgIpc) is 3.26. The van der Waals surface area contributed by atoms with Gasteiger partial charge >= 0.3 is 0 Å². The van der Waals surface area contributed by atoms with Gasteiger partial charge in [-0.2, -0.15) is 4.99 Å². The number of nitrogens with one attached hydrogen (secondary N) is 1. The summed E-state index contributed by atoms with van der Waals surface area (Å²) in [6.45, 7) is 8.47. The van der Waals surface area contributed by atoms with Crippen LogP contribution in [0.4, 0.5) is 0 Å². The number of hydrogen-bond acceptors (Lipinski definition) is 7. The molecule has 0 aliphatic carbocycles. The number of aldehydes is 1. The van der Waals surface area contributed by atoms with Crippen molar-refractivity contribution in [3.63, 3.8) is 0 Å². The standard InChI is InChI=1S/C31H34ClN5O5/c1-31(2,41)19-37-25-15-20(17-36-13-11-35(3)12-14-36)7-10-24(25)33-30(37)34-29(40)21-8-9-23(32)28(16-21)42-27-6-4-5-26(39)22(27)18-38/h4-10,15-16,18,39,41H,11-14,17,19H2,1-3H3,(H,33,34,40). The third-order valence-electron chi connectivity index (χ3n) is 7.17. The van der Waals surface area contributed by atoms with Crippen molar-refractivity contribution >= 4 is 34.8 Å². The van der Waals surface area contributed by atoms with Crippen molar-refractivity contribution < 1.29 is 24.5 Å². The number of ether oxygens (including phenoxy) is 1. The highest BCUT2D eigenvalue weighted by Gasteiger charge is 2.20. The quantitative estimate of drug-likeness (QED) is 0.263. The van der Waals surface area contributed by atoms with Crippen LogP contribution in [-0.4, -0.2) is 80.6 Å². The second-order valence-corrected chi connectivity index (χ2v) is 11.7. The molecule has 1 aliphatic rings. The molecule has 3 aromatic carbocycles. The van der Waals surface area contributed by atoms with Crippen LogP contribution in [0.1, 0.15) is 40.1 Å². The largest absolute Gasteiger partial charge is 0.507 e. The highest BCUT2D eigenvalue weighted by atomic mass is 35.5. The molecule has 0 bridgehead atoms. The molecule has 1 amide bonds. The van der Waals surface area contributed by atoms with E-state index in [-0.39, 0.29) is 39.9 Å². The van der Waals surface area contributed by atoms with E-state index < -0.39 is 11.5 Å². The lowest BCUT2D eigenvalue weighted by Crippen LogP contribution is -2.43. The van der Waals surface area contributed by atoms with Crippen LogP contribution in [0.15, 0.2) is 59.6 Å². The molecule has 3 N–H and O–H groups in total. The zero-order valence-corrected chi connectivity index (χ0v) is 24.6. The summed E-state index contributed by atoms with van der Waals surface area (Å²) in [5.41, 5.74) is 2.15. The predicted molar refractivity (Wildman–Crippen MR) is 160 cm³/mol. The van der Waals surface area contributed by atoms with Gasteiger partial charge in [-0.1, -0.05) is 23.7 Å². The lowest BCUT2D eigenvalue weighted by molar-refractivity contribution is 0.0612. The molecule has 1 aromatic heterocycles. The first-order valence-corrected chi connectivity index (χ1v) is 14.1. The van der Waals surface area contributed by atoms with Crippen LogP contribution in [0.5, 0.6) is 17.2 Å². The Hall–Kier alpha value is -3.96. The number of halogens is 1. The van der Waals surface area contributed by atoms with Gasteiger partial charge in [-0.15, -0.1) is 0 Å². The van der Waals surface area contributed by atoms with Crippen LogP contribution in [-0.2, 0) is 13.1 Å². The molecular formula is C31H34ClN5O5. The van der Waals surface area contributed by atoms with Gasteiger partial charge in [0.25, 0.3) is 5.91 Å². The van der Waals surface area contributed by atoms with Gasteiger partial charge in [0.15, 0.2) is 6.29 Å². The average molecular weight is 592 g/mol. The molecule has 4 aromatic rings. The van der Waals surface area contributed by atoms with Crippen LogP contribution < -0.4 is 10.4 Å². The van der Waals surface area contributed by atoms with Gasteiger partial charge in [0.1, 0.15) is 17.2 Å². The second-order valence-electron chi connectivity index (χ2n) is 11.2. The molecule has 5 rings (SSSR count). The zero-order chi connectivity index (χ0) is 30.0. The maximum absolute atomic E-state index is 13.4. The maximum Gasteiger partial charge on any atom is 0.280 e. The minimum atomic E-state index is -1.07. The Morgan fingerprint density at radius 2 is 1.86 bits per heavy atom. The molecule has 0 unspecified atom stereocenters. The number of carbonyl (C=O) groups excluding carboxylic acids is 2. The molecule has 11 heteroatoms. The summed E-state index contributed by atoms with van der Waals surface area (Å²) in [6, 6.07) is 15.0. The maximum atomic E-state index is 13.4. The Balaban J connectivity index is 1.49. The number of aromatic hydroxyl groups is 1. The number of H-pyrrole nitrogens is 1. The fourth-order valence-corrected chi connectivity index (χ4v) is 5.10. The van der Waals surface area contributed by atoms with Crippen LogP contribution in [0.2, 0.25) is 5.02 Å². The Morgan fingerprint density at radius 3 is 2.57 bits per heavy atom. The number of likely N-dealkylation sites (N-methyl/N-ethyl adjacent to an activating group) is 1. The summed E-state index contributed by atoms with van der Waals surface area (Å²) in [5, 5.41) is 20.9. The minimum absolute atomic E-state index is 0.0345. The fraction of sp³-hybridized carbons (Fsp3) is 0.323. The number of phenols is 1. The first kappa shape index (κ1) is 29.5. The van der Waals surface area contributed by atoms with E-state index in [0.717, 1.165) is 49.3 Å². The number of nitrogens with zero attached hydrogens (tertiary/aromatic N) is 4. The molecule has 0 spiro atoms. The van der Waals surface area contributed by atoms with E-state index in [1.807, 2.05) is 10.6 Å². The fourth-order valence-electron chi connectivity index (χ4n) is 4.94. The summed E-state index contributed by atoms with van der Waals surface area (Å²) in [4.78, 5) is 37.2. The molecule has 10 nitrogen and oxygen atoms in total. The first-order valence-electron chi connectivity index (χ1n) is 13.7. The number of imidazole rings is 1. The molecule has 0 saturated carbocycles. The number of hydrogen-bond donors (Lipinski definition) is 3. The first-order chi connectivity index (χ1) is 20.0. The van der Waals surface area contributed by atoms with Crippen LogP contribution in [0.25, 0.3) is 11.0 Å². The molecule has 2 heterocycles. The molecular weight excluding hydrogens is 558 g/mol. The topological polar surface area (TPSA) is 123 Å². The predicted octanol–water partition coefficient (Wildman–Crippen LogP) is 4.19. The summed E-state index contributed by atoms with van der Waals surface area (Å²) in [6.07, 6.45) is 0.483. The van der Waals surface area contributed by atoms with E-state index in [4.69, 9.17) is 16.3 Å². The highest BCUT2D eigenvalue weighted by Crippen LogP contribution is 2.34. The van der Waals surface area contributed by atoms with Crippen molar-refractivity contribution in [1.29, 1.82) is 0 Å². The van der Waals surface area contributed by atoms with Gasteiger partial charge in [0.2, 0.25) is 5.62 Å². The smallest absolute Gasteiger partial charge is 0.280 e. The van der Waals surface area contributed by atoms with Gasteiger partial charge in [0.05, 0.1) is 33.8 Å². The van der Waals surface area contributed by atoms with E-state index in [1.165, 1.54) is 36.4 Å². The highest BCUT2D eigenvalue weighted by molar-refractivity contribution is 6.32. The van der Waals surface area contributed by atoms with Gasteiger partial charge in [0, 0.05) is 38.3 Å². The number of amides is 1. The SMILES string of the molecule is CN1CCN(Cc2ccc3[nH]/c(=N\C(=O)c4ccc(Cl)c(Oc5cccc(O)c5C=O)c4)n(CC(C)(C)O)c3c2)CC1. The Bertz CT molecular complexity index is 1700. The van der Waals surface area contributed by atoms with Gasteiger partial charge in [-0.3, -0.25) is 14.5 Å². The number of aliphatic hydroxyl groups is 1. The molecule has 220 valence electrons. The molecule has 1 fully saturated rings. The van der Waals surface area contributed by atoms with E-state index >= 15 is 0 Å². The van der Waals surface area contributed by atoms with Crippen molar-refractivity contribution in [3.8, 4) is 17.2 Å². The third-order valence-corrected chi connectivity index (χ3v) is 7.48. The minimum Gasteiger partial charge on any atom is -0.507 e. The number of rotatable bonds is 8. The van der Waals surface area contributed by atoms with Crippen molar-refractivity contribution in [2.24, 2.45) is 4.99 Å². The lowest BCUT2D eigenvalue weighted by atomic mass is 10.1. The van der Waals surface area contributed by atoms with E-state index in [9.17, 15) is 19.8 Å². The number of benzene rings is 3. The van der Waals surface area contributed by atoms with Crippen molar-refractivity contribution in [2.75, 3.05) is 33.2 Å². The normalized spacial score (nSPS) is 15.3. The number of phenolic OH excluding ortho intramolecular Hbond substituents is 1. The summed E-state index contributed by atoms with van der Waals surface area (Å²) in [7, 11) is 2.13. The molecule has 0 atom stereocenters. The Labute approximate surface area is 248 Å². The Morgan fingerprint density at radius 1 is 1.10 bits per heavy atom. The Kier molecular flexibility index (Phi) is 8.51. The number of aromatic nitrogens is 2. The summed E-state index contributed by atoms with van der Waals surface area (Å²) < 4.78 is 7.62. The number of piperazine rings is 1. The number of aromatic amines is 1. The molecule has 1 aliphatic heterocycles. The lowest BCUT2D eigenvalue weighted by Gasteiger charge is -2.32. The monoisotopic (exact) mass is 591 g/mol. The van der Waals surface area contributed by atoms with E-state index in [0.29, 0.717) is 11.9 Å². The molecule has 1 saturated heterocycles. The summed E-state index contributed by atoms with van der Waals surface area (Å²) in [5.74, 6) is -0.570. The van der Waals surface area contributed by atoms with Crippen LogP contribution in [0.3, 0.4) is 0 Å².